The second kappa shape index (κ2) is 20.6. The minimum Gasteiger partial charge on any atom is -0.481 e. The van der Waals surface area contributed by atoms with Gasteiger partial charge in [0.2, 0.25) is 0 Å². The second-order valence-electron chi connectivity index (χ2n) is 9.69. The van der Waals surface area contributed by atoms with Crippen molar-refractivity contribution in [2.45, 2.75) is 89.9 Å². The van der Waals surface area contributed by atoms with Crippen LogP contribution in [-0.2, 0) is 27.5 Å². The van der Waals surface area contributed by atoms with E-state index < -0.39 is 18.0 Å². The number of carboxylic acid groups (broad SMARTS) is 1. The van der Waals surface area contributed by atoms with E-state index in [9.17, 15) is 15.0 Å². The predicted octanol–water partition coefficient (Wildman–Crippen LogP) is 7.33. The first-order chi connectivity index (χ1) is 18.2. The summed E-state index contributed by atoms with van der Waals surface area (Å²) in [7, 11) is 0. The SMILES string of the molecule is O=C(O)C(CCC/C=C\CCCCCOCc1ccccc1)C(O)CCCCCOCc1ccccc1. The van der Waals surface area contributed by atoms with Gasteiger partial charge in [0, 0.05) is 13.2 Å². The molecule has 0 amide bonds. The maximum atomic E-state index is 11.6. The first-order valence-electron chi connectivity index (χ1n) is 14.0. The third-order valence-corrected chi connectivity index (χ3v) is 6.51. The number of aliphatic hydroxyl groups is 1. The van der Waals surface area contributed by atoms with Crippen molar-refractivity contribution in [3.63, 3.8) is 0 Å². The number of carboxylic acids is 1. The van der Waals surface area contributed by atoms with Gasteiger partial charge < -0.3 is 19.7 Å². The van der Waals surface area contributed by atoms with Gasteiger partial charge in [-0.1, -0.05) is 92.1 Å². The fourth-order valence-corrected chi connectivity index (χ4v) is 4.28. The van der Waals surface area contributed by atoms with Gasteiger partial charge in [0.1, 0.15) is 0 Å². The molecule has 0 aliphatic carbocycles. The van der Waals surface area contributed by atoms with E-state index in [1.165, 1.54) is 5.56 Å². The molecule has 5 nitrogen and oxygen atoms in total. The molecule has 0 aromatic heterocycles. The van der Waals surface area contributed by atoms with E-state index >= 15 is 0 Å². The van der Waals surface area contributed by atoms with Gasteiger partial charge in [-0.25, -0.2) is 0 Å². The summed E-state index contributed by atoms with van der Waals surface area (Å²) in [6, 6.07) is 20.3. The summed E-state index contributed by atoms with van der Waals surface area (Å²) in [5.74, 6) is -1.57. The fraction of sp³-hybridized carbons (Fsp3) is 0.531. The first-order valence-corrected chi connectivity index (χ1v) is 14.0. The average Bonchev–Trinajstić information content (AvgIpc) is 2.91. The van der Waals surface area contributed by atoms with E-state index in [2.05, 4.69) is 24.3 Å². The molecule has 0 saturated heterocycles. The Hall–Kier alpha value is -2.47. The Labute approximate surface area is 223 Å². The van der Waals surface area contributed by atoms with Crippen LogP contribution in [0.15, 0.2) is 72.8 Å². The highest BCUT2D eigenvalue weighted by Gasteiger charge is 2.25. The average molecular weight is 511 g/mol. The van der Waals surface area contributed by atoms with Gasteiger partial charge in [0.25, 0.3) is 0 Å². The normalized spacial score (nSPS) is 13.1. The summed E-state index contributed by atoms with van der Waals surface area (Å²) in [5.41, 5.74) is 2.38. The molecular weight excluding hydrogens is 464 g/mol. The van der Waals surface area contributed by atoms with E-state index in [1.807, 2.05) is 48.5 Å². The maximum Gasteiger partial charge on any atom is 0.309 e. The summed E-state index contributed by atoms with van der Waals surface area (Å²) in [6.45, 7) is 2.77. The van der Waals surface area contributed by atoms with E-state index in [-0.39, 0.29) is 0 Å². The van der Waals surface area contributed by atoms with Gasteiger partial charge in [-0.05, 0) is 62.5 Å². The number of hydrogen-bond acceptors (Lipinski definition) is 4. The van der Waals surface area contributed by atoms with Gasteiger partial charge in [-0.15, -0.1) is 0 Å². The lowest BCUT2D eigenvalue weighted by Crippen LogP contribution is -2.28. The Morgan fingerprint density at radius 2 is 1.19 bits per heavy atom. The zero-order valence-electron chi connectivity index (χ0n) is 22.3. The van der Waals surface area contributed by atoms with Crippen LogP contribution in [0.25, 0.3) is 0 Å². The number of aliphatic carboxylic acids is 1. The monoisotopic (exact) mass is 510 g/mol. The number of rotatable bonds is 22. The van der Waals surface area contributed by atoms with E-state index in [1.54, 1.807) is 0 Å². The maximum absolute atomic E-state index is 11.6. The van der Waals surface area contributed by atoms with Crippen LogP contribution in [0, 0.1) is 5.92 Å². The molecular formula is C32H46O5. The molecule has 0 aliphatic rings. The lowest BCUT2D eigenvalue weighted by Gasteiger charge is -2.18. The molecule has 37 heavy (non-hydrogen) atoms. The molecule has 2 aromatic carbocycles. The zero-order valence-corrected chi connectivity index (χ0v) is 22.3. The molecule has 2 atom stereocenters. The number of carbonyl (C=O) groups is 1. The minimum absolute atomic E-state index is 0.514. The minimum atomic E-state index is -0.892. The Morgan fingerprint density at radius 1 is 0.676 bits per heavy atom. The summed E-state index contributed by atoms with van der Waals surface area (Å²) in [5, 5.41) is 20.0. The van der Waals surface area contributed by atoms with Crippen LogP contribution < -0.4 is 0 Å². The molecule has 0 radical (unpaired) electrons. The third kappa shape index (κ3) is 15.4. The number of benzene rings is 2. The Morgan fingerprint density at radius 3 is 1.73 bits per heavy atom. The van der Waals surface area contributed by atoms with Crippen molar-refractivity contribution in [1.82, 2.24) is 0 Å². The Balaban J connectivity index is 1.42. The second-order valence-corrected chi connectivity index (χ2v) is 9.69. The Bertz CT molecular complexity index is 837. The van der Waals surface area contributed by atoms with Crippen LogP contribution in [0.5, 0.6) is 0 Å². The first kappa shape index (κ1) is 30.8. The van der Waals surface area contributed by atoms with Crippen LogP contribution in [-0.4, -0.2) is 35.5 Å². The van der Waals surface area contributed by atoms with Crippen LogP contribution in [0.4, 0.5) is 0 Å². The highest BCUT2D eigenvalue weighted by Crippen LogP contribution is 2.19. The molecule has 0 saturated carbocycles. The predicted molar refractivity (Wildman–Crippen MR) is 149 cm³/mol. The number of unbranched alkanes of at least 4 members (excludes halogenated alkanes) is 6. The van der Waals surface area contributed by atoms with Gasteiger partial charge in [-0.2, -0.15) is 0 Å². The highest BCUT2D eigenvalue weighted by molar-refractivity contribution is 5.70. The molecule has 0 heterocycles. The summed E-state index contributed by atoms with van der Waals surface area (Å²) < 4.78 is 11.4. The van der Waals surface area contributed by atoms with Gasteiger partial charge >= 0.3 is 5.97 Å². The lowest BCUT2D eigenvalue weighted by atomic mass is 9.92. The number of hydrogen-bond donors (Lipinski definition) is 2. The van der Waals surface area contributed by atoms with E-state index in [0.717, 1.165) is 70.0 Å². The number of ether oxygens (including phenoxy) is 2. The fourth-order valence-electron chi connectivity index (χ4n) is 4.28. The summed E-state index contributed by atoms with van der Waals surface area (Å²) in [4.78, 5) is 11.6. The molecule has 2 N–H and O–H groups in total. The van der Waals surface area contributed by atoms with E-state index in [4.69, 9.17) is 9.47 Å². The van der Waals surface area contributed by atoms with Crippen molar-refractivity contribution in [3.05, 3.63) is 83.9 Å². The highest BCUT2D eigenvalue weighted by atomic mass is 16.5. The quantitative estimate of drug-likeness (QED) is 0.128. The lowest BCUT2D eigenvalue weighted by molar-refractivity contribution is -0.146. The van der Waals surface area contributed by atoms with Crippen molar-refractivity contribution < 1.29 is 24.5 Å². The standard InChI is InChI=1S/C32H46O5/c33-31(23-15-9-17-25-37-27-29-20-12-8-13-21-29)30(32(34)35)22-14-5-3-1-2-4-6-16-24-36-26-28-18-10-7-11-19-28/h1,3,7-8,10-13,18-21,30-31,33H,2,4-6,9,14-17,22-27H2,(H,34,35)/b3-1-. The topological polar surface area (TPSA) is 76.0 Å². The van der Waals surface area contributed by atoms with Crippen molar-refractivity contribution in [2.24, 2.45) is 5.92 Å². The molecule has 5 heteroatoms. The summed E-state index contributed by atoms with van der Waals surface area (Å²) in [6.07, 6.45) is 13.3. The molecule has 2 unspecified atom stereocenters. The van der Waals surface area contributed by atoms with Gasteiger partial charge in [0.05, 0.1) is 25.2 Å². The van der Waals surface area contributed by atoms with Crippen molar-refractivity contribution >= 4 is 5.97 Å². The molecule has 2 rings (SSSR count). The number of aliphatic hydroxyl groups excluding tert-OH is 1. The van der Waals surface area contributed by atoms with Gasteiger partial charge in [0.15, 0.2) is 0 Å². The van der Waals surface area contributed by atoms with Crippen molar-refractivity contribution in [1.29, 1.82) is 0 Å². The zero-order chi connectivity index (χ0) is 26.4. The van der Waals surface area contributed by atoms with Crippen LogP contribution in [0.2, 0.25) is 0 Å². The van der Waals surface area contributed by atoms with Gasteiger partial charge in [-0.3, -0.25) is 4.79 Å². The Kier molecular flexibility index (Phi) is 17.1. The van der Waals surface area contributed by atoms with Crippen LogP contribution >= 0.6 is 0 Å². The van der Waals surface area contributed by atoms with Crippen molar-refractivity contribution in [3.8, 4) is 0 Å². The molecule has 0 aliphatic heterocycles. The summed E-state index contributed by atoms with van der Waals surface area (Å²) >= 11 is 0. The largest absolute Gasteiger partial charge is 0.481 e. The molecule has 204 valence electrons. The third-order valence-electron chi connectivity index (χ3n) is 6.51. The van der Waals surface area contributed by atoms with E-state index in [0.29, 0.717) is 32.7 Å². The molecule has 0 fully saturated rings. The molecule has 0 bridgehead atoms. The smallest absolute Gasteiger partial charge is 0.309 e. The van der Waals surface area contributed by atoms with Crippen LogP contribution in [0.1, 0.15) is 81.8 Å². The molecule has 0 spiro atoms. The number of allylic oxidation sites excluding steroid dienone is 2. The molecule has 2 aromatic rings. The van der Waals surface area contributed by atoms with Crippen molar-refractivity contribution in [2.75, 3.05) is 13.2 Å². The van der Waals surface area contributed by atoms with Crippen LogP contribution in [0.3, 0.4) is 0 Å².